The van der Waals surface area contributed by atoms with Gasteiger partial charge in [0, 0.05) is 23.3 Å². The van der Waals surface area contributed by atoms with Gasteiger partial charge in [-0.2, -0.15) is 0 Å². The van der Waals surface area contributed by atoms with E-state index < -0.39 is 0 Å². The van der Waals surface area contributed by atoms with Gasteiger partial charge < -0.3 is 14.6 Å². The van der Waals surface area contributed by atoms with Crippen molar-refractivity contribution in [3.8, 4) is 11.3 Å². The van der Waals surface area contributed by atoms with Gasteiger partial charge in [-0.15, -0.1) is 0 Å². The van der Waals surface area contributed by atoms with Crippen LogP contribution in [0.15, 0.2) is 34.5 Å². The molecule has 0 spiro atoms. The van der Waals surface area contributed by atoms with E-state index in [2.05, 4.69) is 15.8 Å². The summed E-state index contributed by atoms with van der Waals surface area (Å²) < 4.78 is 10.2. The van der Waals surface area contributed by atoms with Crippen molar-refractivity contribution in [3.05, 3.63) is 46.8 Å². The number of hydrogen-bond acceptors (Lipinski definition) is 6. The van der Waals surface area contributed by atoms with Crippen LogP contribution in [0.25, 0.3) is 17.3 Å². The van der Waals surface area contributed by atoms with Gasteiger partial charge in [0.2, 0.25) is 0 Å². The van der Waals surface area contributed by atoms with Crippen LogP contribution in [0.5, 0.6) is 0 Å². The number of ether oxygens (including phenoxy) is 1. The second-order valence-corrected chi connectivity index (χ2v) is 5.44. The molecule has 3 heterocycles. The number of aromatic nitrogens is 1. The molecule has 2 aliphatic rings. The molecule has 2 N–H and O–H groups in total. The summed E-state index contributed by atoms with van der Waals surface area (Å²) in [7, 11) is 0. The molecule has 0 atom stereocenters. The quantitative estimate of drug-likeness (QED) is 0.488. The second kappa shape index (κ2) is 5.03. The molecule has 2 aromatic rings. The van der Waals surface area contributed by atoms with Gasteiger partial charge in [-0.05, 0) is 24.4 Å². The summed E-state index contributed by atoms with van der Waals surface area (Å²) in [5.41, 5.74) is 3.08. The average molecular weight is 327 g/mol. The number of carbonyl (C=O) groups is 2. The predicted molar refractivity (Wildman–Crippen MR) is 82.9 cm³/mol. The van der Waals surface area contributed by atoms with Crippen molar-refractivity contribution in [2.75, 3.05) is 0 Å². The molecular weight excluding hydrogens is 318 g/mol. The lowest BCUT2D eigenvalue weighted by Gasteiger charge is -1.97. The van der Waals surface area contributed by atoms with Gasteiger partial charge in [-0.3, -0.25) is 10.1 Å². The Balaban J connectivity index is 1.64. The topological polar surface area (TPSA) is 93.5 Å². The first-order valence-corrected chi connectivity index (χ1v) is 7.12. The van der Waals surface area contributed by atoms with Crippen molar-refractivity contribution in [2.45, 2.75) is 6.61 Å². The summed E-state index contributed by atoms with van der Waals surface area (Å²) in [5, 5.41) is 9.43. The fourth-order valence-corrected chi connectivity index (χ4v) is 2.61. The molecule has 23 heavy (non-hydrogen) atoms. The summed E-state index contributed by atoms with van der Waals surface area (Å²) >= 11 is 4.86. The second-order valence-electron chi connectivity index (χ2n) is 5.03. The molecule has 7 nitrogen and oxygen atoms in total. The number of hydrogen-bond donors (Lipinski definition) is 2. The van der Waals surface area contributed by atoms with E-state index in [0.29, 0.717) is 22.7 Å². The fraction of sp³-hybridized carbons (Fsp3) is 0.0667. The Hall–Kier alpha value is -3.00. The lowest BCUT2D eigenvalue weighted by molar-refractivity contribution is -0.115. The van der Waals surface area contributed by atoms with E-state index in [9.17, 15) is 9.59 Å². The number of fused-ring (bicyclic) bond motifs is 1. The maximum Gasteiger partial charge on any atom is 0.338 e. The molecule has 1 saturated heterocycles. The number of benzene rings is 1. The number of thiocarbonyl (C=S) groups is 1. The molecule has 1 fully saturated rings. The first kappa shape index (κ1) is 13.6. The maximum absolute atomic E-state index is 11.6. The van der Waals surface area contributed by atoms with Crippen LogP contribution < -0.4 is 10.6 Å². The van der Waals surface area contributed by atoms with Crippen molar-refractivity contribution < 1.29 is 18.8 Å². The maximum atomic E-state index is 11.6. The highest BCUT2D eigenvalue weighted by molar-refractivity contribution is 7.80. The Morgan fingerprint density at radius 2 is 2.09 bits per heavy atom. The van der Waals surface area contributed by atoms with E-state index >= 15 is 0 Å². The van der Waals surface area contributed by atoms with Gasteiger partial charge >= 0.3 is 5.97 Å². The van der Waals surface area contributed by atoms with Gasteiger partial charge in [0.25, 0.3) is 5.91 Å². The zero-order chi connectivity index (χ0) is 16.0. The number of amides is 1. The number of rotatable bonds is 2. The van der Waals surface area contributed by atoms with Crippen molar-refractivity contribution >= 4 is 35.3 Å². The lowest BCUT2D eigenvalue weighted by atomic mass is 10.0. The van der Waals surface area contributed by atoms with Crippen LogP contribution >= 0.6 is 12.2 Å². The molecule has 0 unspecified atom stereocenters. The number of cyclic esters (lactones) is 1. The molecule has 8 heteroatoms. The Morgan fingerprint density at radius 1 is 1.22 bits per heavy atom. The Labute approximate surface area is 135 Å². The van der Waals surface area contributed by atoms with Crippen molar-refractivity contribution in [1.82, 2.24) is 15.8 Å². The van der Waals surface area contributed by atoms with Crippen molar-refractivity contribution in [3.63, 3.8) is 0 Å². The van der Waals surface area contributed by atoms with Crippen LogP contribution in [0.1, 0.15) is 21.7 Å². The summed E-state index contributed by atoms with van der Waals surface area (Å²) in [5.74, 6) is -0.220. The zero-order valence-electron chi connectivity index (χ0n) is 11.6. The van der Waals surface area contributed by atoms with Crippen molar-refractivity contribution in [2.24, 2.45) is 0 Å². The molecular formula is C15H9N3O4S. The highest BCUT2D eigenvalue weighted by atomic mass is 32.1. The molecule has 1 aromatic carbocycles. The molecule has 2 aliphatic heterocycles. The van der Waals surface area contributed by atoms with E-state index in [-0.39, 0.29) is 23.6 Å². The third-order valence-corrected chi connectivity index (χ3v) is 3.72. The number of nitrogens with zero attached hydrogens (tertiary/aromatic N) is 1. The largest absolute Gasteiger partial charge is 0.457 e. The number of esters is 1. The third kappa shape index (κ3) is 2.38. The molecule has 114 valence electrons. The van der Waals surface area contributed by atoms with Gasteiger partial charge in [-0.25, -0.2) is 4.79 Å². The van der Waals surface area contributed by atoms with Gasteiger partial charge in [0.1, 0.15) is 18.0 Å². The Morgan fingerprint density at radius 3 is 2.87 bits per heavy atom. The average Bonchev–Trinajstić information content (AvgIpc) is 3.21. The summed E-state index contributed by atoms with van der Waals surface area (Å²) in [4.78, 5) is 23.0. The van der Waals surface area contributed by atoms with Gasteiger partial charge in [0.05, 0.1) is 5.56 Å². The van der Waals surface area contributed by atoms with Crippen LogP contribution in [0, 0.1) is 0 Å². The zero-order valence-corrected chi connectivity index (χ0v) is 12.4. The van der Waals surface area contributed by atoms with Gasteiger partial charge in [-0.1, -0.05) is 11.2 Å². The summed E-state index contributed by atoms with van der Waals surface area (Å²) in [6, 6.07) is 7.01. The molecule has 0 saturated carbocycles. The Kier molecular flexibility index (Phi) is 2.98. The third-order valence-electron chi connectivity index (χ3n) is 3.51. The lowest BCUT2D eigenvalue weighted by Crippen LogP contribution is -2.21. The van der Waals surface area contributed by atoms with E-state index in [1.54, 1.807) is 18.2 Å². The first-order chi connectivity index (χ1) is 11.1. The highest BCUT2D eigenvalue weighted by Gasteiger charge is 2.23. The van der Waals surface area contributed by atoms with Crippen LogP contribution in [0.2, 0.25) is 0 Å². The first-order valence-electron chi connectivity index (χ1n) is 6.71. The van der Waals surface area contributed by atoms with Crippen LogP contribution in [-0.2, 0) is 16.1 Å². The minimum atomic E-state index is -0.318. The normalized spacial score (nSPS) is 17.9. The smallest absolute Gasteiger partial charge is 0.338 e. The van der Waals surface area contributed by atoms with E-state index in [1.165, 1.54) is 6.08 Å². The highest BCUT2D eigenvalue weighted by Crippen LogP contribution is 2.27. The fourth-order valence-electron chi connectivity index (χ4n) is 2.41. The number of nitrogens with one attached hydrogen (secondary N) is 2. The standard InChI is InChI=1S/C15H9N3O4S/c19-13-12(16-15(23)17-13)5-9-4-11(18-22-9)7-1-2-10-8(3-7)6-21-14(10)20/h1-5H,6H2,(H2,16,17,19,23)/b12-5+. The SMILES string of the molecule is O=C1NC(=S)N/C1=C/c1cc(-c2ccc3c(c2)COC3=O)no1. The molecule has 1 amide bonds. The number of carbonyl (C=O) groups excluding carboxylic acids is 2. The molecule has 0 aliphatic carbocycles. The minimum absolute atomic E-state index is 0.254. The van der Waals surface area contributed by atoms with Crippen LogP contribution in [0.4, 0.5) is 0 Å². The molecule has 4 rings (SSSR count). The minimum Gasteiger partial charge on any atom is -0.457 e. The van der Waals surface area contributed by atoms with Crippen LogP contribution in [-0.4, -0.2) is 22.1 Å². The van der Waals surface area contributed by atoms with E-state index in [4.69, 9.17) is 21.5 Å². The predicted octanol–water partition coefficient (Wildman–Crippen LogP) is 1.36. The summed E-state index contributed by atoms with van der Waals surface area (Å²) in [6.45, 7) is 0.262. The van der Waals surface area contributed by atoms with Gasteiger partial charge in [0.15, 0.2) is 10.9 Å². The van der Waals surface area contributed by atoms with E-state index in [0.717, 1.165) is 11.1 Å². The van der Waals surface area contributed by atoms with E-state index in [1.807, 2.05) is 6.07 Å². The molecule has 0 bridgehead atoms. The van der Waals surface area contributed by atoms with Crippen molar-refractivity contribution in [1.29, 1.82) is 0 Å². The summed E-state index contributed by atoms with van der Waals surface area (Å²) in [6.07, 6.45) is 1.52. The van der Waals surface area contributed by atoms with Crippen LogP contribution in [0.3, 0.4) is 0 Å². The monoisotopic (exact) mass is 327 g/mol. The molecule has 1 aromatic heterocycles. The Bertz CT molecular complexity index is 900. The molecule has 0 radical (unpaired) electrons.